The Labute approximate surface area is 86.8 Å². The summed E-state index contributed by atoms with van der Waals surface area (Å²) < 4.78 is 4.85. The first kappa shape index (κ1) is 11.0. The predicted octanol–water partition coefficient (Wildman–Crippen LogP) is 2.04. The van der Waals surface area contributed by atoms with E-state index in [-0.39, 0.29) is 11.4 Å². The monoisotopic (exact) mass is 209 g/mol. The Balaban J connectivity index is 3.03. The zero-order chi connectivity index (χ0) is 11.4. The third-order valence-electron chi connectivity index (χ3n) is 1.87. The second-order valence-electron chi connectivity index (χ2n) is 2.97. The molecule has 0 radical (unpaired) electrons. The summed E-state index contributed by atoms with van der Waals surface area (Å²) in [5.41, 5.74) is 0.571. The van der Waals surface area contributed by atoms with E-state index in [2.05, 4.69) is 0 Å². The Bertz CT molecular complexity index is 412. The Morgan fingerprint density at radius 1 is 1.60 bits per heavy atom. The van der Waals surface area contributed by atoms with E-state index in [4.69, 9.17) is 4.74 Å². The van der Waals surface area contributed by atoms with Crippen LogP contribution < -0.4 is 4.74 Å². The highest BCUT2D eigenvalue weighted by atomic mass is 16.6. The topological polar surface area (TPSA) is 72.6 Å². The molecular weight excluding hydrogens is 198 g/mol. The van der Waals surface area contributed by atoms with Crippen molar-refractivity contribution >= 4 is 6.08 Å². The van der Waals surface area contributed by atoms with Crippen LogP contribution in [0.15, 0.2) is 23.9 Å². The largest absolute Gasteiger partial charge is 0.504 e. The first-order valence-electron chi connectivity index (χ1n) is 4.24. The number of aromatic hydroxyl groups is 1. The molecule has 0 atom stereocenters. The number of rotatable bonds is 3. The molecule has 1 aromatic carbocycles. The number of nitro groups is 1. The summed E-state index contributed by atoms with van der Waals surface area (Å²) in [5, 5.41) is 19.8. The average Bonchev–Trinajstić information content (AvgIpc) is 2.18. The van der Waals surface area contributed by atoms with Crippen molar-refractivity contribution in [3.63, 3.8) is 0 Å². The number of allylic oxidation sites excluding steroid dienone is 1. The Hall–Kier alpha value is -2.04. The molecule has 0 amide bonds. The van der Waals surface area contributed by atoms with Crippen molar-refractivity contribution in [3.8, 4) is 11.5 Å². The van der Waals surface area contributed by atoms with Gasteiger partial charge >= 0.3 is 0 Å². The van der Waals surface area contributed by atoms with Crippen LogP contribution in [0.25, 0.3) is 6.08 Å². The Kier molecular flexibility index (Phi) is 3.28. The lowest BCUT2D eigenvalue weighted by molar-refractivity contribution is -0.422. The van der Waals surface area contributed by atoms with E-state index in [0.717, 1.165) is 0 Å². The predicted molar refractivity (Wildman–Crippen MR) is 55.3 cm³/mol. The highest BCUT2D eigenvalue weighted by molar-refractivity contribution is 5.56. The third-order valence-corrected chi connectivity index (χ3v) is 1.87. The van der Waals surface area contributed by atoms with Gasteiger partial charge in [-0.3, -0.25) is 10.1 Å². The Morgan fingerprint density at radius 2 is 2.27 bits per heavy atom. The van der Waals surface area contributed by atoms with Gasteiger partial charge in [0.15, 0.2) is 11.5 Å². The molecule has 0 spiro atoms. The SMILES string of the molecule is COc1ccc(C=C(C)[N+](=O)[O-])cc1O. The number of ether oxygens (including phenoxy) is 1. The molecule has 0 saturated carbocycles. The summed E-state index contributed by atoms with van der Waals surface area (Å²) in [6.07, 6.45) is 1.37. The average molecular weight is 209 g/mol. The van der Waals surface area contributed by atoms with Crippen LogP contribution in [-0.2, 0) is 0 Å². The lowest BCUT2D eigenvalue weighted by Gasteiger charge is -2.03. The summed E-state index contributed by atoms with van der Waals surface area (Å²) in [6, 6.07) is 4.59. The van der Waals surface area contributed by atoms with E-state index < -0.39 is 4.92 Å². The normalized spacial score (nSPS) is 11.2. The minimum Gasteiger partial charge on any atom is -0.504 e. The number of hydrogen-bond donors (Lipinski definition) is 1. The molecule has 0 fully saturated rings. The van der Waals surface area contributed by atoms with Gasteiger partial charge in [-0.15, -0.1) is 0 Å². The van der Waals surface area contributed by atoms with Crippen LogP contribution >= 0.6 is 0 Å². The number of nitrogens with zero attached hydrogens (tertiary/aromatic N) is 1. The van der Waals surface area contributed by atoms with Gasteiger partial charge < -0.3 is 9.84 Å². The lowest BCUT2D eigenvalue weighted by Crippen LogP contribution is -1.93. The summed E-state index contributed by atoms with van der Waals surface area (Å²) in [7, 11) is 1.44. The maximum atomic E-state index is 10.4. The second kappa shape index (κ2) is 4.45. The minimum atomic E-state index is -0.485. The lowest BCUT2D eigenvalue weighted by atomic mass is 10.2. The fourth-order valence-corrected chi connectivity index (χ4v) is 1.09. The smallest absolute Gasteiger partial charge is 0.243 e. The van der Waals surface area contributed by atoms with Crippen LogP contribution in [0.1, 0.15) is 12.5 Å². The van der Waals surface area contributed by atoms with Crippen molar-refractivity contribution < 1.29 is 14.8 Å². The standard InChI is InChI=1S/C10H11NO4/c1-7(11(13)14)5-8-3-4-10(15-2)9(12)6-8/h3-6,12H,1-2H3. The van der Waals surface area contributed by atoms with Gasteiger partial charge in [-0.1, -0.05) is 6.07 Å². The zero-order valence-corrected chi connectivity index (χ0v) is 8.43. The molecule has 1 aromatic rings. The molecule has 1 rings (SSSR count). The highest BCUT2D eigenvalue weighted by Crippen LogP contribution is 2.27. The highest BCUT2D eigenvalue weighted by Gasteiger charge is 2.05. The van der Waals surface area contributed by atoms with Gasteiger partial charge in [0.2, 0.25) is 5.70 Å². The zero-order valence-electron chi connectivity index (χ0n) is 8.43. The molecule has 0 aromatic heterocycles. The third kappa shape index (κ3) is 2.70. The summed E-state index contributed by atoms with van der Waals surface area (Å²) in [4.78, 5) is 9.88. The maximum Gasteiger partial charge on any atom is 0.243 e. The molecule has 0 aliphatic heterocycles. The number of phenolic OH excluding ortho intramolecular Hbond substituents is 1. The number of methoxy groups -OCH3 is 1. The van der Waals surface area contributed by atoms with Crippen molar-refractivity contribution in [1.82, 2.24) is 0 Å². The second-order valence-corrected chi connectivity index (χ2v) is 2.97. The van der Waals surface area contributed by atoms with E-state index >= 15 is 0 Å². The van der Waals surface area contributed by atoms with Gasteiger partial charge in [0.05, 0.1) is 12.0 Å². The van der Waals surface area contributed by atoms with Crippen LogP contribution in [-0.4, -0.2) is 17.1 Å². The van der Waals surface area contributed by atoms with Crippen molar-refractivity contribution in [3.05, 3.63) is 39.6 Å². The van der Waals surface area contributed by atoms with E-state index in [1.807, 2.05) is 0 Å². The van der Waals surface area contributed by atoms with Crippen molar-refractivity contribution in [2.24, 2.45) is 0 Å². The molecule has 0 aliphatic carbocycles. The van der Waals surface area contributed by atoms with Crippen LogP contribution in [0.5, 0.6) is 11.5 Å². The van der Waals surface area contributed by atoms with Crippen LogP contribution in [0, 0.1) is 10.1 Å². The van der Waals surface area contributed by atoms with Crippen molar-refractivity contribution in [2.45, 2.75) is 6.92 Å². The molecule has 5 nitrogen and oxygen atoms in total. The number of benzene rings is 1. The summed E-state index contributed by atoms with van der Waals surface area (Å²) >= 11 is 0. The van der Waals surface area contributed by atoms with Gasteiger partial charge in [-0.25, -0.2) is 0 Å². The molecular formula is C10H11NO4. The van der Waals surface area contributed by atoms with Crippen molar-refractivity contribution in [2.75, 3.05) is 7.11 Å². The molecule has 0 saturated heterocycles. The molecule has 0 aliphatic rings. The quantitative estimate of drug-likeness (QED) is 0.610. The van der Waals surface area contributed by atoms with Crippen LogP contribution in [0.2, 0.25) is 0 Å². The molecule has 15 heavy (non-hydrogen) atoms. The summed E-state index contributed by atoms with van der Waals surface area (Å²) in [6.45, 7) is 1.39. The Morgan fingerprint density at radius 3 is 2.73 bits per heavy atom. The first-order chi connectivity index (χ1) is 7.04. The maximum absolute atomic E-state index is 10.4. The van der Waals surface area contributed by atoms with Crippen LogP contribution in [0.4, 0.5) is 0 Å². The van der Waals surface area contributed by atoms with Gasteiger partial charge in [0.25, 0.3) is 0 Å². The molecule has 0 heterocycles. The first-order valence-corrected chi connectivity index (χ1v) is 4.24. The number of hydrogen-bond acceptors (Lipinski definition) is 4. The fraction of sp³-hybridized carbons (Fsp3) is 0.200. The van der Waals surface area contributed by atoms with Crippen molar-refractivity contribution in [1.29, 1.82) is 0 Å². The van der Waals surface area contributed by atoms with Crippen LogP contribution in [0.3, 0.4) is 0 Å². The summed E-state index contributed by atoms with van der Waals surface area (Å²) in [5.74, 6) is 0.299. The van der Waals surface area contributed by atoms with E-state index in [1.54, 1.807) is 12.1 Å². The van der Waals surface area contributed by atoms with E-state index in [1.165, 1.54) is 26.2 Å². The molecule has 5 heteroatoms. The molecule has 80 valence electrons. The minimum absolute atomic E-state index is 0.0135. The fourth-order valence-electron chi connectivity index (χ4n) is 1.09. The molecule has 0 unspecified atom stereocenters. The molecule has 1 N–H and O–H groups in total. The van der Waals surface area contributed by atoms with E-state index in [9.17, 15) is 15.2 Å². The molecule has 0 bridgehead atoms. The van der Waals surface area contributed by atoms with Gasteiger partial charge in [0, 0.05) is 13.0 Å². The van der Waals surface area contributed by atoms with Gasteiger partial charge in [-0.2, -0.15) is 0 Å². The van der Waals surface area contributed by atoms with Gasteiger partial charge in [-0.05, 0) is 17.7 Å². The number of phenols is 1. The van der Waals surface area contributed by atoms with E-state index in [0.29, 0.717) is 11.3 Å². The van der Waals surface area contributed by atoms with Gasteiger partial charge in [0.1, 0.15) is 0 Å².